The molecule has 3 atom stereocenters. The van der Waals surface area contributed by atoms with Gasteiger partial charge in [-0.05, 0) is 36.6 Å². The molecule has 136 valence electrons. The lowest BCUT2D eigenvalue weighted by Crippen LogP contribution is -2.19. The monoisotopic (exact) mass is 369 g/mol. The molecule has 0 aliphatic heterocycles. The van der Waals surface area contributed by atoms with E-state index in [1.165, 1.54) is 5.56 Å². The van der Waals surface area contributed by atoms with Crippen LogP contribution in [0.15, 0.2) is 59.5 Å². The summed E-state index contributed by atoms with van der Waals surface area (Å²) in [7, 11) is -3.63. The molecule has 0 heterocycles. The summed E-state index contributed by atoms with van der Waals surface area (Å²) in [5.41, 5.74) is 1.02. The summed E-state index contributed by atoms with van der Waals surface area (Å²) >= 11 is 0. The van der Waals surface area contributed by atoms with Gasteiger partial charge in [0, 0.05) is 12.5 Å². The average molecular weight is 369 g/mol. The van der Waals surface area contributed by atoms with E-state index in [0.29, 0.717) is 6.61 Å². The molecule has 0 unspecified atom stereocenters. The third-order valence-corrected chi connectivity index (χ3v) is 7.45. The summed E-state index contributed by atoms with van der Waals surface area (Å²) in [4.78, 5) is 0.258. The van der Waals surface area contributed by atoms with Gasteiger partial charge >= 0.3 is 0 Å². The van der Waals surface area contributed by atoms with Gasteiger partial charge in [-0.3, -0.25) is 0 Å². The van der Waals surface area contributed by atoms with Crippen LogP contribution >= 0.6 is 0 Å². The molecule has 1 aliphatic rings. The van der Waals surface area contributed by atoms with Gasteiger partial charge < -0.3 is 4.74 Å². The maximum atomic E-state index is 13.2. The molecular weight excluding hydrogens is 346 g/mol. The van der Waals surface area contributed by atoms with Gasteiger partial charge in [0.1, 0.15) is 5.41 Å². The first kappa shape index (κ1) is 18.6. The van der Waals surface area contributed by atoms with E-state index in [9.17, 15) is 13.7 Å². The molecule has 2 aromatic carbocycles. The highest BCUT2D eigenvalue weighted by Gasteiger charge is 2.72. The van der Waals surface area contributed by atoms with Crippen LogP contribution in [0.25, 0.3) is 0 Å². The Kier molecular flexibility index (Phi) is 5.17. The lowest BCUT2D eigenvalue weighted by Gasteiger charge is -2.09. The zero-order chi connectivity index (χ0) is 18.8. The molecule has 5 heteroatoms. The van der Waals surface area contributed by atoms with Crippen LogP contribution in [-0.2, 0) is 21.0 Å². The fraction of sp³-hybridized carbons (Fsp3) is 0.381. The fourth-order valence-corrected chi connectivity index (χ4v) is 5.99. The van der Waals surface area contributed by atoms with Gasteiger partial charge in [0.25, 0.3) is 0 Å². The zero-order valence-electron chi connectivity index (χ0n) is 15.1. The Bertz CT molecular complexity index is 901. The summed E-state index contributed by atoms with van der Waals surface area (Å²) in [6.45, 7) is 4.49. The Morgan fingerprint density at radius 2 is 1.73 bits per heavy atom. The van der Waals surface area contributed by atoms with Crippen LogP contribution in [-0.4, -0.2) is 26.9 Å². The number of sulfone groups is 1. The van der Waals surface area contributed by atoms with E-state index in [1.54, 1.807) is 30.3 Å². The molecule has 3 rings (SSSR count). The van der Waals surface area contributed by atoms with Crippen molar-refractivity contribution in [2.45, 2.75) is 36.3 Å². The summed E-state index contributed by atoms with van der Waals surface area (Å²) in [6.07, 6.45) is 0.916. The Balaban J connectivity index is 2.04. The molecular formula is C21H23NO3S. The van der Waals surface area contributed by atoms with E-state index < -0.39 is 20.5 Å². The lowest BCUT2D eigenvalue weighted by atomic mass is 10.00. The molecule has 1 aliphatic carbocycles. The maximum absolute atomic E-state index is 13.2. The molecule has 4 nitrogen and oxygen atoms in total. The highest BCUT2D eigenvalue weighted by Crippen LogP contribution is 2.63. The highest BCUT2D eigenvalue weighted by molar-refractivity contribution is 7.92. The van der Waals surface area contributed by atoms with E-state index in [-0.39, 0.29) is 17.4 Å². The normalized spacial score (nSPS) is 24.8. The smallest absolute Gasteiger partial charge is 0.183 e. The van der Waals surface area contributed by atoms with Gasteiger partial charge in [0.05, 0.1) is 22.8 Å². The minimum Gasteiger partial charge on any atom is -0.380 e. The predicted molar refractivity (Wildman–Crippen MR) is 101 cm³/mol. The standard InChI is InChI=1S/C21H23NO3S/c1-3-16-10-12-17(13-11-16)19-20(21(19,14-22)15-25-4-2)26(23,24)18-8-6-5-7-9-18/h5-13,19-20H,3-4,15H2,1-2H3/t19-,20+,21+/m0/s1. The number of hydrogen-bond donors (Lipinski definition) is 0. The van der Waals surface area contributed by atoms with Crippen LogP contribution in [0.5, 0.6) is 0 Å². The Hall–Kier alpha value is -2.16. The summed E-state index contributed by atoms with van der Waals surface area (Å²) < 4.78 is 32.0. The molecule has 0 N–H and O–H groups in total. The number of hydrogen-bond acceptors (Lipinski definition) is 4. The van der Waals surface area contributed by atoms with Crippen LogP contribution in [0.1, 0.15) is 30.9 Å². The van der Waals surface area contributed by atoms with Crippen LogP contribution in [0.4, 0.5) is 0 Å². The second-order valence-electron chi connectivity index (χ2n) is 6.64. The van der Waals surface area contributed by atoms with Crippen LogP contribution < -0.4 is 0 Å². The minimum atomic E-state index is -3.63. The Labute approximate surface area is 155 Å². The van der Waals surface area contributed by atoms with Crippen LogP contribution in [0.2, 0.25) is 0 Å². The first-order valence-corrected chi connectivity index (χ1v) is 10.4. The van der Waals surface area contributed by atoms with Gasteiger partial charge in [0.15, 0.2) is 9.84 Å². The quantitative estimate of drug-likeness (QED) is 0.746. The first-order valence-electron chi connectivity index (χ1n) is 8.88. The van der Waals surface area contributed by atoms with Crippen molar-refractivity contribution in [3.8, 4) is 6.07 Å². The number of nitrogens with zero attached hydrogens (tertiary/aromatic N) is 1. The number of rotatable bonds is 7. The van der Waals surface area contributed by atoms with Crippen molar-refractivity contribution < 1.29 is 13.2 Å². The van der Waals surface area contributed by atoms with Crippen LogP contribution in [0, 0.1) is 16.7 Å². The maximum Gasteiger partial charge on any atom is 0.183 e. The Morgan fingerprint density at radius 3 is 2.27 bits per heavy atom. The second-order valence-corrected chi connectivity index (χ2v) is 8.71. The van der Waals surface area contributed by atoms with Gasteiger partial charge in [-0.15, -0.1) is 0 Å². The highest BCUT2D eigenvalue weighted by atomic mass is 32.2. The second kappa shape index (κ2) is 7.22. The van der Waals surface area contributed by atoms with E-state index in [0.717, 1.165) is 12.0 Å². The van der Waals surface area contributed by atoms with Crippen molar-refractivity contribution in [2.24, 2.45) is 5.41 Å². The summed E-state index contributed by atoms with van der Waals surface area (Å²) in [5, 5.41) is 9.11. The number of benzene rings is 2. The average Bonchev–Trinajstić information content (AvgIpc) is 3.37. The molecule has 2 aromatic rings. The first-order chi connectivity index (χ1) is 12.5. The van der Waals surface area contributed by atoms with Gasteiger partial charge in [0.2, 0.25) is 0 Å². The molecule has 0 aromatic heterocycles. The van der Waals surface area contributed by atoms with Gasteiger partial charge in [-0.1, -0.05) is 49.4 Å². The van der Waals surface area contributed by atoms with E-state index >= 15 is 0 Å². The van der Waals surface area contributed by atoms with Gasteiger partial charge in [-0.2, -0.15) is 5.26 Å². The van der Waals surface area contributed by atoms with Crippen molar-refractivity contribution in [3.63, 3.8) is 0 Å². The predicted octanol–water partition coefficient (Wildman–Crippen LogP) is 3.74. The SMILES string of the molecule is CCOC[C@@]1(C#N)[C@H](S(=O)(=O)c2ccccc2)[C@@H]1c1ccc(CC)cc1. The molecule has 0 radical (unpaired) electrons. The van der Waals surface area contributed by atoms with Crippen molar-refractivity contribution in [1.29, 1.82) is 5.26 Å². The number of nitriles is 1. The molecule has 26 heavy (non-hydrogen) atoms. The molecule has 0 amide bonds. The zero-order valence-corrected chi connectivity index (χ0v) is 15.9. The van der Waals surface area contributed by atoms with Crippen molar-refractivity contribution in [1.82, 2.24) is 0 Å². The fourth-order valence-electron chi connectivity index (χ4n) is 3.66. The van der Waals surface area contributed by atoms with Crippen molar-refractivity contribution in [2.75, 3.05) is 13.2 Å². The molecule has 1 saturated carbocycles. The molecule has 0 saturated heterocycles. The molecule has 0 bridgehead atoms. The minimum absolute atomic E-state index is 0.122. The van der Waals surface area contributed by atoms with E-state index in [4.69, 9.17) is 4.74 Å². The third kappa shape index (κ3) is 3.04. The van der Waals surface area contributed by atoms with E-state index in [1.807, 2.05) is 31.2 Å². The molecule has 0 spiro atoms. The van der Waals surface area contributed by atoms with Crippen molar-refractivity contribution in [3.05, 3.63) is 65.7 Å². The summed E-state index contributed by atoms with van der Waals surface area (Å²) in [5.74, 6) is -0.379. The molecule has 1 fully saturated rings. The topological polar surface area (TPSA) is 67.2 Å². The largest absolute Gasteiger partial charge is 0.380 e. The van der Waals surface area contributed by atoms with Crippen LogP contribution in [0.3, 0.4) is 0 Å². The lowest BCUT2D eigenvalue weighted by molar-refractivity contribution is 0.117. The van der Waals surface area contributed by atoms with E-state index in [2.05, 4.69) is 13.0 Å². The summed E-state index contributed by atoms with van der Waals surface area (Å²) in [6, 6.07) is 18.6. The number of aryl methyl sites for hydroxylation is 1. The third-order valence-electron chi connectivity index (χ3n) is 5.16. The Morgan fingerprint density at radius 1 is 1.08 bits per heavy atom. The number of ether oxygens (including phenoxy) is 1. The van der Waals surface area contributed by atoms with Crippen molar-refractivity contribution >= 4 is 9.84 Å². The van der Waals surface area contributed by atoms with Gasteiger partial charge in [-0.25, -0.2) is 8.42 Å².